The van der Waals surface area contributed by atoms with E-state index >= 15 is 0 Å². The third-order valence-corrected chi connectivity index (χ3v) is 1.96. The third kappa shape index (κ3) is 2.38. The predicted molar refractivity (Wildman–Crippen MR) is 47.4 cm³/mol. The molecule has 0 aromatic heterocycles. The molecule has 70 valence electrons. The molecule has 0 radical (unpaired) electrons. The number of nitrogens with zero attached hydrogens (tertiary/aromatic N) is 1. The topological polar surface area (TPSA) is 52.4 Å². The van der Waals surface area contributed by atoms with Crippen molar-refractivity contribution in [1.82, 2.24) is 0 Å². The van der Waals surface area contributed by atoms with Crippen molar-refractivity contribution in [2.45, 2.75) is 0 Å². The SMILES string of the molecule is O=[N+]([O-])c1ccc(OCF)c(Br)c1. The molecule has 1 aromatic carbocycles. The molecule has 0 aliphatic carbocycles. The van der Waals surface area contributed by atoms with Gasteiger partial charge in [-0.2, -0.15) is 0 Å². The second-order valence-corrected chi connectivity index (χ2v) is 2.98. The van der Waals surface area contributed by atoms with Crippen LogP contribution in [0.5, 0.6) is 5.75 Å². The molecule has 0 heterocycles. The summed E-state index contributed by atoms with van der Waals surface area (Å²) in [5.74, 6) is 0.244. The van der Waals surface area contributed by atoms with E-state index in [2.05, 4.69) is 20.7 Å². The first-order chi connectivity index (χ1) is 6.15. The van der Waals surface area contributed by atoms with Gasteiger partial charge in [-0.25, -0.2) is 4.39 Å². The summed E-state index contributed by atoms with van der Waals surface area (Å²) in [4.78, 5) is 9.75. The highest BCUT2D eigenvalue weighted by Gasteiger charge is 2.09. The summed E-state index contributed by atoms with van der Waals surface area (Å²) in [5.41, 5.74) is -0.0712. The minimum atomic E-state index is -0.962. The standard InChI is InChI=1S/C7H5BrFNO3/c8-6-3-5(10(11)12)1-2-7(6)13-4-9/h1-3H,4H2. The van der Waals surface area contributed by atoms with Gasteiger partial charge in [0.15, 0.2) is 0 Å². The Morgan fingerprint density at radius 1 is 1.62 bits per heavy atom. The van der Waals surface area contributed by atoms with Crippen LogP contribution in [0.25, 0.3) is 0 Å². The first-order valence-electron chi connectivity index (χ1n) is 3.28. The molecule has 0 atom stereocenters. The molecule has 0 saturated carbocycles. The summed E-state index contributed by atoms with van der Waals surface area (Å²) in [7, 11) is 0. The molecule has 0 unspecified atom stereocenters. The van der Waals surface area contributed by atoms with Crippen molar-refractivity contribution in [2.24, 2.45) is 0 Å². The monoisotopic (exact) mass is 249 g/mol. The molecule has 0 aliphatic rings. The van der Waals surface area contributed by atoms with Gasteiger partial charge in [0.1, 0.15) is 5.75 Å². The molecule has 13 heavy (non-hydrogen) atoms. The third-order valence-electron chi connectivity index (χ3n) is 1.34. The van der Waals surface area contributed by atoms with Crippen LogP contribution in [-0.4, -0.2) is 11.8 Å². The first-order valence-corrected chi connectivity index (χ1v) is 4.07. The van der Waals surface area contributed by atoms with Gasteiger partial charge in [-0.05, 0) is 22.0 Å². The van der Waals surface area contributed by atoms with Gasteiger partial charge in [0.25, 0.3) is 5.69 Å². The number of alkyl halides is 1. The Labute approximate surface area is 81.6 Å². The number of nitro benzene ring substituents is 1. The van der Waals surface area contributed by atoms with E-state index in [1.807, 2.05) is 0 Å². The maximum Gasteiger partial charge on any atom is 0.270 e. The summed E-state index contributed by atoms with van der Waals surface area (Å²) >= 11 is 3.02. The van der Waals surface area contributed by atoms with E-state index in [-0.39, 0.29) is 11.4 Å². The lowest BCUT2D eigenvalue weighted by molar-refractivity contribution is -0.385. The minimum absolute atomic E-state index is 0.0712. The lowest BCUT2D eigenvalue weighted by atomic mass is 10.3. The molecule has 1 aromatic rings. The zero-order valence-electron chi connectivity index (χ0n) is 6.37. The van der Waals surface area contributed by atoms with Crippen LogP contribution < -0.4 is 4.74 Å². The quantitative estimate of drug-likeness (QED) is 0.612. The van der Waals surface area contributed by atoms with E-state index in [1.54, 1.807) is 0 Å². The van der Waals surface area contributed by atoms with Crippen LogP contribution in [0.3, 0.4) is 0 Å². The largest absolute Gasteiger partial charge is 0.462 e. The van der Waals surface area contributed by atoms with Gasteiger partial charge in [-0.3, -0.25) is 10.1 Å². The smallest absolute Gasteiger partial charge is 0.270 e. The van der Waals surface area contributed by atoms with Crippen LogP contribution in [-0.2, 0) is 0 Å². The number of nitro groups is 1. The molecule has 0 bridgehead atoms. The number of hydrogen-bond acceptors (Lipinski definition) is 3. The summed E-state index contributed by atoms with van der Waals surface area (Å²) in [5, 5.41) is 10.3. The van der Waals surface area contributed by atoms with Crippen molar-refractivity contribution in [3.63, 3.8) is 0 Å². The zero-order chi connectivity index (χ0) is 9.84. The second kappa shape index (κ2) is 4.18. The molecule has 0 amide bonds. The Kier molecular flexibility index (Phi) is 3.18. The summed E-state index contributed by atoms with van der Waals surface area (Å²) in [6, 6.07) is 3.84. The number of benzene rings is 1. The van der Waals surface area contributed by atoms with Gasteiger partial charge >= 0.3 is 0 Å². The van der Waals surface area contributed by atoms with E-state index in [0.29, 0.717) is 4.47 Å². The van der Waals surface area contributed by atoms with Crippen molar-refractivity contribution in [2.75, 3.05) is 6.86 Å². The molecule has 0 N–H and O–H groups in total. The molecule has 6 heteroatoms. The minimum Gasteiger partial charge on any atom is -0.462 e. The molecule has 0 saturated heterocycles. The molecule has 1 rings (SSSR count). The predicted octanol–water partition coefficient (Wildman–Crippen LogP) is 2.66. The van der Waals surface area contributed by atoms with Crippen molar-refractivity contribution >= 4 is 21.6 Å². The Hall–Kier alpha value is -1.17. The number of rotatable bonds is 3. The van der Waals surface area contributed by atoms with Gasteiger partial charge in [0.2, 0.25) is 6.86 Å². The Bertz CT molecular complexity index is 332. The fraction of sp³-hybridized carbons (Fsp3) is 0.143. The number of ether oxygens (including phenoxy) is 1. The molecular formula is C7H5BrFNO3. The van der Waals surface area contributed by atoms with Gasteiger partial charge in [-0.15, -0.1) is 0 Å². The fourth-order valence-corrected chi connectivity index (χ4v) is 1.26. The van der Waals surface area contributed by atoms with Crippen LogP contribution in [0, 0.1) is 10.1 Å². The number of hydrogen-bond donors (Lipinski definition) is 0. The maximum absolute atomic E-state index is 11.7. The summed E-state index contributed by atoms with van der Waals surface area (Å²) < 4.78 is 16.6. The molecule has 0 aliphatic heterocycles. The molecular weight excluding hydrogens is 245 g/mol. The van der Waals surface area contributed by atoms with Crippen LogP contribution in [0.2, 0.25) is 0 Å². The Morgan fingerprint density at radius 2 is 2.31 bits per heavy atom. The van der Waals surface area contributed by atoms with E-state index in [1.165, 1.54) is 18.2 Å². The maximum atomic E-state index is 11.7. The number of halogens is 2. The summed E-state index contributed by atoms with van der Waals surface area (Å²) in [6.45, 7) is -0.962. The van der Waals surface area contributed by atoms with Crippen molar-refractivity contribution in [1.29, 1.82) is 0 Å². The average Bonchev–Trinajstić information content (AvgIpc) is 2.08. The van der Waals surface area contributed by atoms with Crippen LogP contribution in [0.4, 0.5) is 10.1 Å². The van der Waals surface area contributed by atoms with Crippen LogP contribution >= 0.6 is 15.9 Å². The fourth-order valence-electron chi connectivity index (χ4n) is 0.779. The summed E-state index contributed by atoms with van der Waals surface area (Å²) in [6.07, 6.45) is 0. The highest BCUT2D eigenvalue weighted by Crippen LogP contribution is 2.28. The van der Waals surface area contributed by atoms with Crippen molar-refractivity contribution in [3.05, 3.63) is 32.8 Å². The lowest BCUT2D eigenvalue weighted by Gasteiger charge is -2.02. The highest BCUT2D eigenvalue weighted by atomic mass is 79.9. The van der Waals surface area contributed by atoms with E-state index in [4.69, 9.17) is 0 Å². The Morgan fingerprint density at radius 3 is 2.77 bits per heavy atom. The van der Waals surface area contributed by atoms with Gasteiger partial charge in [0.05, 0.1) is 9.40 Å². The molecule has 0 fully saturated rings. The zero-order valence-corrected chi connectivity index (χ0v) is 7.95. The van der Waals surface area contributed by atoms with Crippen molar-refractivity contribution < 1.29 is 14.1 Å². The van der Waals surface area contributed by atoms with E-state index < -0.39 is 11.8 Å². The van der Waals surface area contributed by atoms with Crippen LogP contribution in [0.15, 0.2) is 22.7 Å². The van der Waals surface area contributed by atoms with Gasteiger partial charge in [0, 0.05) is 12.1 Å². The van der Waals surface area contributed by atoms with Gasteiger partial charge in [-0.1, -0.05) is 0 Å². The van der Waals surface area contributed by atoms with E-state index in [0.717, 1.165) is 0 Å². The highest BCUT2D eigenvalue weighted by molar-refractivity contribution is 9.10. The second-order valence-electron chi connectivity index (χ2n) is 2.13. The van der Waals surface area contributed by atoms with Crippen LogP contribution in [0.1, 0.15) is 0 Å². The molecule has 4 nitrogen and oxygen atoms in total. The van der Waals surface area contributed by atoms with E-state index in [9.17, 15) is 14.5 Å². The first kappa shape index (κ1) is 9.91. The Balaban J connectivity index is 2.98. The van der Waals surface area contributed by atoms with Gasteiger partial charge < -0.3 is 4.74 Å². The normalized spacial score (nSPS) is 9.69. The number of non-ortho nitro benzene ring substituents is 1. The van der Waals surface area contributed by atoms with Crippen molar-refractivity contribution in [3.8, 4) is 5.75 Å². The molecule has 0 spiro atoms. The average molecular weight is 250 g/mol. The lowest BCUT2D eigenvalue weighted by Crippen LogP contribution is -1.92.